The minimum atomic E-state index is -4.33. The summed E-state index contributed by atoms with van der Waals surface area (Å²) in [5, 5.41) is 10.2. The highest BCUT2D eigenvalue weighted by atomic mass is 19.4. The second kappa shape index (κ2) is 8.10. The summed E-state index contributed by atoms with van der Waals surface area (Å²) < 4.78 is 38.8. The van der Waals surface area contributed by atoms with E-state index in [1.165, 1.54) is 12.1 Å². The summed E-state index contributed by atoms with van der Waals surface area (Å²) in [7, 11) is 0. The summed E-state index contributed by atoms with van der Waals surface area (Å²) in [5.41, 5.74) is 3.38. The van der Waals surface area contributed by atoms with E-state index in [0.29, 0.717) is 31.1 Å². The summed E-state index contributed by atoms with van der Waals surface area (Å²) in [6, 6.07) is 13.0. The number of benzene rings is 2. The van der Waals surface area contributed by atoms with Crippen LogP contribution < -0.4 is 20.1 Å². The van der Waals surface area contributed by atoms with Crippen molar-refractivity contribution in [1.29, 1.82) is 0 Å². The molecule has 2 aromatic rings. The minimum Gasteiger partial charge on any atom is -0.402 e. The normalized spacial score (nSPS) is 20.3. The molecule has 2 aromatic carbocycles. The van der Waals surface area contributed by atoms with Gasteiger partial charge in [-0.3, -0.25) is 4.90 Å². The van der Waals surface area contributed by atoms with Crippen LogP contribution in [0.4, 0.5) is 24.5 Å². The molecule has 0 bridgehead atoms. The van der Waals surface area contributed by atoms with E-state index >= 15 is 0 Å². The molecular weight excluding hydrogens is 385 g/mol. The molecule has 2 N–H and O–H groups in total. The topological polar surface area (TPSA) is 51.2 Å². The maximum absolute atomic E-state index is 12.9. The summed E-state index contributed by atoms with van der Waals surface area (Å²) in [6.45, 7) is 4.11. The van der Waals surface area contributed by atoms with E-state index in [2.05, 4.69) is 10.4 Å². The van der Waals surface area contributed by atoms with Crippen LogP contribution in [-0.4, -0.2) is 55.6 Å². The van der Waals surface area contributed by atoms with Crippen molar-refractivity contribution in [3.05, 3.63) is 54.1 Å². The minimum absolute atomic E-state index is 0.595. The number of para-hydroxylation sites is 2. The third kappa shape index (κ3) is 4.42. The molecule has 1 atom stereocenters. The van der Waals surface area contributed by atoms with Crippen molar-refractivity contribution in [2.75, 3.05) is 49.1 Å². The third-order valence-electron chi connectivity index (χ3n) is 5.31. The van der Waals surface area contributed by atoms with Gasteiger partial charge in [0.15, 0.2) is 5.75 Å². The largest absolute Gasteiger partial charge is 0.416 e. The van der Waals surface area contributed by atoms with Gasteiger partial charge in [-0.25, -0.2) is 0 Å². The van der Waals surface area contributed by atoms with Gasteiger partial charge in [-0.1, -0.05) is 18.2 Å². The first-order valence-corrected chi connectivity index (χ1v) is 9.52. The van der Waals surface area contributed by atoms with Crippen molar-refractivity contribution < 1.29 is 23.1 Å². The molecule has 0 aliphatic carbocycles. The molecule has 29 heavy (non-hydrogen) atoms. The van der Waals surface area contributed by atoms with E-state index in [1.54, 1.807) is 6.07 Å². The molecule has 2 aliphatic heterocycles. The van der Waals surface area contributed by atoms with Crippen molar-refractivity contribution in [2.45, 2.75) is 12.5 Å². The van der Waals surface area contributed by atoms with E-state index in [1.807, 2.05) is 34.1 Å². The van der Waals surface area contributed by atoms with E-state index in [4.69, 9.17) is 4.84 Å². The Labute approximate surface area is 167 Å². The molecule has 4 rings (SSSR count). The Balaban J connectivity index is 1.33. The number of piperazine rings is 1. The van der Waals surface area contributed by atoms with Crippen LogP contribution in [-0.2, 0) is 6.18 Å². The summed E-state index contributed by atoms with van der Waals surface area (Å²) in [5.74, 6) is 0.659. The van der Waals surface area contributed by atoms with Crippen molar-refractivity contribution in [3.63, 3.8) is 0 Å². The lowest BCUT2D eigenvalue weighted by atomic mass is 10.1. The average molecular weight is 408 g/mol. The molecule has 0 spiro atoms. The molecule has 1 saturated heterocycles. The van der Waals surface area contributed by atoms with E-state index in [9.17, 15) is 18.3 Å². The van der Waals surface area contributed by atoms with Gasteiger partial charge in [0, 0.05) is 45.0 Å². The highest BCUT2D eigenvalue weighted by molar-refractivity contribution is 5.59. The summed E-state index contributed by atoms with van der Waals surface area (Å²) >= 11 is 0. The van der Waals surface area contributed by atoms with Gasteiger partial charge in [0.05, 0.1) is 11.3 Å². The van der Waals surface area contributed by atoms with Crippen LogP contribution in [0.5, 0.6) is 5.75 Å². The lowest BCUT2D eigenvalue weighted by molar-refractivity contribution is -0.137. The van der Waals surface area contributed by atoms with Crippen molar-refractivity contribution in [2.24, 2.45) is 0 Å². The molecule has 1 unspecified atom stereocenters. The lowest BCUT2D eigenvalue weighted by Crippen LogP contribution is -2.54. The Morgan fingerprint density at radius 2 is 1.76 bits per heavy atom. The Kier molecular flexibility index (Phi) is 5.53. The first-order valence-electron chi connectivity index (χ1n) is 9.52. The number of alkyl halides is 3. The SMILES string of the molecule is OC1NOc2ccccc2N1CCN1CCN(c2cccc(C(F)(F)F)c2)CC1. The van der Waals surface area contributed by atoms with Crippen LogP contribution in [0.25, 0.3) is 0 Å². The van der Waals surface area contributed by atoms with Gasteiger partial charge in [0.2, 0.25) is 6.35 Å². The predicted octanol–water partition coefficient (Wildman–Crippen LogP) is 2.51. The number of anilines is 2. The molecule has 1 fully saturated rings. The smallest absolute Gasteiger partial charge is 0.402 e. The van der Waals surface area contributed by atoms with Gasteiger partial charge in [0.25, 0.3) is 0 Å². The molecule has 9 heteroatoms. The van der Waals surface area contributed by atoms with Gasteiger partial charge < -0.3 is 19.7 Å². The lowest BCUT2D eigenvalue weighted by Gasteiger charge is -2.39. The number of nitrogens with zero attached hydrogens (tertiary/aromatic N) is 3. The van der Waals surface area contributed by atoms with Crippen LogP contribution in [0.15, 0.2) is 48.5 Å². The Morgan fingerprint density at radius 3 is 2.52 bits per heavy atom. The van der Waals surface area contributed by atoms with Crippen LogP contribution in [0.3, 0.4) is 0 Å². The molecule has 0 aromatic heterocycles. The van der Waals surface area contributed by atoms with Gasteiger partial charge in [-0.2, -0.15) is 13.2 Å². The fraction of sp³-hybridized carbons (Fsp3) is 0.400. The summed E-state index contributed by atoms with van der Waals surface area (Å²) in [6.07, 6.45) is -5.27. The van der Waals surface area contributed by atoms with Gasteiger partial charge in [0.1, 0.15) is 0 Å². The summed E-state index contributed by atoms with van der Waals surface area (Å²) in [4.78, 5) is 11.4. The maximum Gasteiger partial charge on any atom is 0.416 e. The molecule has 0 saturated carbocycles. The first kappa shape index (κ1) is 19.8. The zero-order chi connectivity index (χ0) is 20.4. The number of hydrogen-bond acceptors (Lipinski definition) is 6. The second-order valence-corrected chi connectivity index (χ2v) is 7.13. The zero-order valence-electron chi connectivity index (χ0n) is 15.8. The van der Waals surface area contributed by atoms with Crippen molar-refractivity contribution in [3.8, 4) is 5.75 Å². The van der Waals surface area contributed by atoms with E-state index in [0.717, 1.165) is 31.4 Å². The third-order valence-corrected chi connectivity index (χ3v) is 5.31. The number of hydrogen-bond donors (Lipinski definition) is 2. The Morgan fingerprint density at radius 1 is 1.00 bits per heavy atom. The first-order chi connectivity index (χ1) is 13.9. The van der Waals surface area contributed by atoms with E-state index in [-0.39, 0.29) is 0 Å². The van der Waals surface area contributed by atoms with Crippen LogP contribution in [0.1, 0.15) is 5.56 Å². The molecule has 2 aliphatic rings. The van der Waals surface area contributed by atoms with Crippen LogP contribution in [0.2, 0.25) is 0 Å². The monoisotopic (exact) mass is 408 g/mol. The number of halogens is 3. The van der Waals surface area contributed by atoms with Crippen LogP contribution in [0, 0.1) is 0 Å². The molecule has 2 heterocycles. The highest BCUT2D eigenvalue weighted by Gasteiger charge is 2.31. The Hall–Kier alpha value is -2.49. The van der Waals surface area contributed by atoms with E-state index < -0.39 is 18.1 Å². The van der Waals surface area contributed by atoms with Crippen molar-refractivity contribution in [1.82, 2.24) is 10.4 Å². The molecule has 0 amide bonds. The number of aliphatic hydroxyl groups excluding tert-OH is 1. The number of aliphatic hydroxyl groups is 1. The Bertz CT molecular complexity index is 840. The number of hydroxylamine groups is 1. The fourth-order valence-electron chi connectivity index (χ4n) is 3.69. The standard InChI is InChI=1S/C20H23F3N4O2/c21-20(22,23)15-4-3-5-16(14-15)26-11-8-25(9-12-26)10-13-27-17-6-1-2-7-18(17)29-24-19(27)28/h1-7,14,19,24,28H,8-13H2. The molecule has 156 valence electrons. The van der Waals surface area contributed by atoms with Gasteiger partial charge >= 0.3 is 6.18 Å². The quantitative estimate of drug-likeness (QED) is 0.811. The fourth-order valence-corrected chi connectivity index (χ4v) is 3.69. The molecule has 0 radical (unpaired) electrons. The number of rotatable bonds is 4. The molecular formula is C20H23F3N4O2. The van der Waals surface area contributed by atoms with Gasteiger partial charge in [-0.15, -0.1) is 5.48 Å². The van der Waals surface area contributed by atoms with Crippen LogP contribution >= 0.6 is 0 Å². The maximum atomic E-state index is 12.9. The number of fused-ring (bicyclic) bond motifs is 1. The van der Waals surface area contributed by atoms with Gasteiger partial charge in [-0.05, 0) is 30.3 Å². The molecule has 6 nitrogen and oxygen atoms in total. The highest BCUT2D eigenvalue weighted by Crippen LogP contribution is 2.32. The second-order valence-electron chi connectivity index (χ2n) is 7.13. The predicted molar refractivity (Wildman–Crippen MR) is 104 cm³/mol. The number of nitrogens with one attached hydrogen (secondary N) is 1. The zero-order valence-corrected chi connectivity index (χ0v) is 15.8. The van der Waals surface area contributed by atoms with Crippen molar-refractivity contribution >= 4 is 11.4 Å². The average Bonchev–Trinajstić information content (AvgIpc) is 2.73.